The van der Waals surface area contributed by atoms with Gasteiger partial charge in [-0.2, -0.15) is 0 Å². The van der Waals surface area contributed by atoms with E-state index in [1.54, 1.807) is 0 Å². The van der Waals surface area contributed by atoms with E-state index in [2.05, 4.69) is 10.2 Å². The summed E-state index contributed by atoms with van der Waals surface area (Å²) in [6, 6.07) is 7.59. The minimum atomic E-state index is 0.535. The number of benzene rings is 1. The van der Waals surface area contributed by atoms with E-state index in [1.807, 2.05) is 37.4 Å². The maximum Gasteiger partial charge on any atom is 0.276 e. The van der Waals surface area contributed by atoms with Gasteiger partial charge in [-0.3, -0.25) is 0 Å². The van der Waals surface area contributed by atoms with Crippen LogP contribution in [0.5, 0.6) is 5.75 Å². The molecule has 0 bridgehead atoms. The zero-order valence-corrected chi connectivity index (χ0v) is 9.95. The van der Waals surface area contributed by atoms with Gasteiger partial charge in [-0.25, -0.2) is 0 Å². The molecule has 84 valence electrons. The number of hydrogen-bond acceptors (Lipinski definition) is 5. The summed E-state index contributed by atoms with van der Waals surface area (Å²) in [5, 5.41) is 8.41. The van der Waals surface area contributed by atoms with Gasteiger partial charge in [-0.15, -0.1) is 10.2 Å². The van der Waals surface area contributed by atoms with Gasteiger partial charge < -0.3 is 9.15 Å². The van der Waals surface area contributed by atoms with Crippen LogP contribution in [-0.4, -0.2) is 23.1 Å². The molecule has 0 aliphatic rings. The molecule has 0 aliphatic carbocycles. The van der Waals surface area contributed by atoms with Gasteiger partial charge in [0.2, 0.25) is 5.89 Å². The van der Waals surface area contributed by atoms with Gasteiger partial charge in [-0.05, 0) is 37.4 Å². The summed E-state index contributed by atoms with van der Waals surface area (Å²) in [5.74, 6) is 1.38. The third-order valence-corrected chi connectivity index (χ3v) is 2.51. The highest BCUT2D eigenvalue weighted by Gasteiger charge is 2.07. The molecular formula is C11H12N2O2S. The van der Waals surface area contributed by atoms with E-state index in [0.717, 1.165) is 11.3 Å². The van der Waals surface area contributed by atoms with Crippen LogP contribution in [0.15, 0.2) is 33.9 Å². The minimum Gasteiger partial charge on any atom is -0.494 e. The van der Waals surface area contributed by atoms with E-state index in [0.29, 0.717) is 17.7 Å². The van der Waals surface area contributed by atoms with Crippen molar-refractivity contribution in [3.05, 3.63) is 24.3 Å². The molecule has 0 amide bonds. The van der Waals surface area contributed by atoms with E-state index in [9.17, 15) is 0 Å². The third-order valence-electron chi connectivity index (χ3n) is 1.99. The highest BCUT2D eigenvalue weighted by molar-refractivity contribution is 7.98. The lowest BCUT2D eigenvalue weighted by Crippen LogP contribution is -1.90. The molecule has 1 aromatic heterocycles. The number of rotatable bonds is 4. The van der Waals surface area contributed by atoms with E-state index in [4.69, 9.17) is 9.15 Å². The fraction of sp³-hybridized carbons (Fsp3) is 0.273. The van der Waals surface area contributed by atoms with E-state index >= 15 is 0 Å². The van der Waals surface area contributed by atoms with Crippen molar-refractivity contribution in [3.63, 3.8) is 0 Å². The summed E-state index contributed by atoms with van der Waals surface area (Å²) in [6.07, 6.45) is 1.90. The van der Waals surface area contributed by atoms with Crippen molar-refractivity contribution in [2.24, 2.45) is 0 Å². The van der Waals surface area contributed by atoms with E-state index in [1.165, 1.54) is 11.8 Å². The Labute approximate surface area is 98.0 Å². The molecule has 0 spiro atoms. The van der Waals surface area contributed by atoms with Gasteiger partial charge in [0.1, 0.15) is 5.75 Å². The van der Waals surface area contributed by atoms with Crippen molar-refractivity contribution in [1.29, 1.82) is 0 Å². The molecule has 2 aromatic rings. The first-order chi connectivity index (χ1) is 7.83. The first-order valence-electron chi connectivity index (χ1n) is 4.94. The molecule has 0 N–H and O–H groups in total. The molecule has 1 heterocycles. The minimum absolute atomic E-state index is 0.535. The largest absolute Gasteiger partial charge is 0.494 e. The molecule has 1 aromatic carbocycles. The van der Waals surface area contributed by atoms with Crippen LogP contribution in [0.2, 0.25) is 0 Å². The molecule has 0 radical (unpaired) electrons. The van der Waals surface area contributed by atoms with Crippen molar-refractivity contribution in [1.82, 2.24) is 10.2 Å². The molecule has 4 nitrogen and oxygen atoms in total. The standard InChI is InChI=1S/C11H12N2O2S/c1-3-14-9-6-4-8(5-7-9)10-12-13-11(15-10)16-2/h4-7H,3H2,1-2H3. The van der Waals surface area contributed by atoms with Crippen LogP contribution in [0.25, 0.3) is 11.5 Å². The summed E-state index contributed by atoms with van der Waals surface area (Å²) in [6.45, 7) is 2.62. The summed E-state index contributed by atoms with van der Waals surface area (Å²) in [4.78, 5) is 0. The smallest absolute Gasteiger partial charge is 0.276 e. The Morgan fingerprint density at radius 3 is 2.56 bits per heavy atom. The molecule has 2 rings (SSSR count). The average Bonchev–Trinajstić information content (AvgIpc) is 2.79. The van der Waals surface area contributed by atoms with Crippen molar-refractivity contribution < 1.29 is 9.15 Å². The van der Waals surface area contributed by atoms with Gasteiger partial charge in [0.15, 0.2) is 0 Å². The molecule has 0 fully saturated rings. The van der Waals surface area contributed by atoms with Crippen molar-refractivity contribution >= 4 is 11.8 Å². The predicted octanol–water partition coefficient (Wildman–Crippen LogP) is 2.86. The molecule has 16 heavy (non-hydrogen) atoms. The Kier molecular flexibility index (Phi) is 3.46. The van der Waals surface area contributed by atoms with Crippen LogP contribution in [0.1, 0.15) is 6.92 Å². The van der Waals surface area contributed by atoms with Gasteiger partial charge in [0.25, 0.3) is 5.22 Å². The van der Waals surface area contributed by atoms with Gasteiger partial charge in [0, 0.05) is 5.56 Å². The first kappa shape index (κ1) is 11.0. The van der Waals surface area contributed by atoms with Crippen molar-refractivity contribution in [2.75, 3.05) is 12.9 Å². The second kappa shape index (κ2) is 5.03. The highest BCUT2D eigenvalue weighted by Crippen LogP contribution is 2.23. The molecule has 0 saturated heterocycles. The number of hydrogen-bond donors (Lipinski definition) is 0. The van der Waals surface area contributed by atoms with Crippen LogP contribution in [-0.2, 0) is 0 Å². The molecule has 5 heteroatoms. The van der Waals surface area contributed by atoms with Crippen LogP contribution in [0.3, 0.4) is 0 Å². The van der Waals surface area contributed by atoms with Crippen LogP contribution >= 0.6 is 11.8 Å². The van der Waals surface area contributed by atoms with Crippen molar-refractivity contribution in [2.45, 2.75) is 12.1 Å². The zero-order valence-electron chi connectivity index (χ0n) is 9.14. The lowest BCUT2D eigenvalue weighted by Gasteiger charge is -2.02. The Morgan fingerprint density at radius 2 is 2.00 bits per heavy atom. The van der Waals surface area contributed by atoms with Crippen LogP contribution in [0.4, 0.5) is 0 Å². The van der Waals surface area contributed by atoms with E-state index < -0.39 is 0 Å². The lowest BCUT2D eigenvalue weighted by molar-refractivity contribution is 0.340. The monoisotopic (exact) mass is 236 g/mol. The average molecular weight is 236 g/mol. The fourth-order valence-electron chi connectivity index (χ4n) is 1.27. The quantitative estimate of drug-likeness (QED) is 0.764. The number of thioether (sulfide) groups is 1. The highest BCUT2D eigenvalue weighted by atomic mass is 32.2. The maximum absolute atomic E-state index is 5.42. The Morgan fingerprint density at radius 1 is 1.25 bits per heavy atom. The third kappa shape index (κ3) is 2.36. The summed E-state index contributed by atoms with van der Waals surface area (Å²) in [5.41, 5.74) is 0.899. The summed E-state index contributed by atoms with van der Waals surface area (Å²) >= 11 is 1.43. The number of ether oxygens (including phenoxy) is 1. The summed E-state index contributed by atoms with van der Waals surface area (Å²) < 4.78 is 10.8. The number of aromatic nitrogens is 2. The topological polar surface area (TPSA) is 48.2 Å². The van der Waals surface area contributed by atoms with Gasteiger partial charge >= 0.3 is 0 Å². The van der Waals surface area contributed by atoms with Gasteiger partial charge in [-0.1, -0.05) is 11.8 Å². The number of nitrogens with zero attached hydrogens (tertiary/aromatic N) is 2. The molecule has 0 saturated carbocycles. The molecule has 0 aliphatic heterocycles. The van der Waals surface area contributed by atoms with E-state index in [-0.39, 0.29) is 0 Å². The predicted molar refractivity (Wildman–Crippen MR) is 62.7 cm³/mol. The zero-order chi connectivity index (χ0) is 11.4. The SMILES string of the molecule is CCOc1ccc(-c2nnc(SC)o2)cc1. The van der Waals surface area contributed by atoms with Crippen LogP contribution < -0.4 is 4.74 Å². The summed E-state index contributed by atoms with van der Waals surface area (Å²) in [7, 11) is 0. The molecular weight excluding hydrogens is 224 g/mol. The van der Waals surface area contributed by atoms with Crippen molar-refractivity contribution in [3.8, 4) is 17.2 Å². The Bertz CT molecular complexity index is 453. The van der Waals surface area contributed by atoms with Crippen LogP contribution in [0, 0.1) is 0 Å². The van der Waals surface area contributed by atoms with Gasteiger partial charge in [0.05, 0.1) is 6.61 Å². The molecule has 0 atom stereocenters. The fourth-order valence-corrected chi connectivity index (χ4v) is 1.55. The maximum atomic E-state index is 5.42. The first-order valence-corrected chi connectivity index (χ1v) is 6.16. The second-order valence-electron chi connectivity index (χ2n) is 3.03. The Hall–Kier alpha value is -1.49. The normalized spacial score (nSPS) is 10.4. The molecule has 0 unspecified atom stereocenters. The lowest BCUT2D eigenvalue weighted by atomic mass is 10.2. The second-order valence-corrected chi connectivity index (χ2v) is 3.79. The Balaban J connectivity index is 2.20.